The zero-order chi connectivity index (χ0) is 18.4. The molecule has 2 aromatic rings. The van der Waals surface area contributed by atoms with E-state index in [2.05, 4.69) is 10.1 Å². The molecule has 0 aliphatic heterocycles. The second kappa shape index (κ2) is 8.20. The number of methoxy groups -OCH3 is 1. The van der Waals surface area contributed by atoms with Crippen LogP contribution in [0.3, 0.4) is 0 Å². The van der Waals surface area contributed by atoms with E-state index in [-0.39, 0.29) is 24.2 Å². The zero-order valence-electron chi connectivity index (χ0n) is 14.0. The lowest BCUT2D eigenvalue weighted by Gasteiger charge is -2.11. The second-order valence-corrected chi connectivity index (χ2v) is 5.35. The van der Waals surface area contributed by atoms with Gasteiger partial charge in [0.15, 0.2) is 0 Å². The molecule has 0 aliphatic carbocycles. The second-order valence-electron chi connectivity index (χ2n) is 5.35. The van der Waals surface area contributed by atoms with Crippen molar-refractivity contribution in [2.45, 2.75) is 13.5 Å². The Morgan fingerprint density at radius 1 is 1.16 bits per heavy atom. The number of nitrogens with one attached hydrogen (secondary N) is 1. The lowest BCUT2D eigenvalue weighted by atomic mass is 10.2. The third-order valence-corrected chi connectivity index (χ3v) is 3.58. The molecule has 8 heteroatoms. The van der Waals surface area contributed by atoms with Crippen LogP contribution in [0.5, 0.6) is 0 Å². The molecule has 1 heterocycles. The molecule has 2 rings (SSSR count). The van der Waals surface area contributed by atoms with E-state index < -0.39 is 23.1 Å². The summed E-state index contributed by atoms with van der Waals surface area (Å²) in [7, 11) is 1.28. The lowest BCUT2D eigenvalue weighted by molar-refractivity contribution is -0.139. The number of carbonyl (C=O) groups is 2. The van der Waals surface area contributed by atoms with Gasteiger partial charge in [-0.05, 0) is 19.1 Å². The Morgan fingerprint density at radius 2 is 1.84 bits per heavy atom. The maximum Gasteiger partial charge on any atom is 0.338 e. The van der Waals surface area contributed by atoms with Gasteiger partial charge in [0.05, 0.1) is 13.7 Å². The number of rotatable bonds is 6. The van der Waals surface area contributed by atoms with E-state index in [0.29, 0.717) is 11.1 Å². The monoisotopic (exact) mass is 345 g/mol. The zero-order valence-corrected chi connectivity index (χ0v) is 14.0. The summed E-state index contributed by atoms with van der Waals surface area (Å²) >= 11 is 0. The maximum atomic E-state index is 12.5. The van der Waals surface area contributed by atoms with Crippen molar-refractivity contribution in [1.29, 1.82) is 0 Å². The number of aromatic nitrogens is 2. The van der Waals surface area contributed by atoms with E-state index in [1.54, 1.807) is 30.3 Å². The summed E-state index contributed by atoms with van der Waals surface area (Å²) in [5.41, 5.74) is -0.832. The summed E-state index contributed by atoms with van der Waals surface area (Å²) in [6, 6.07) is 8.13. The maximum absolute atomic E-state index is 12.5. The van der Waals surface area contributed by atoms with Crippen molar-refractivity contribution >= 4 is 11.9 Å². The summed E-state index contributed by atoms with van der Waals surface area (Å²) in [6.45, 7) is 2.03. The first-order valence-electron chi connectivity index (χ1n) is 7.66. The van der Waals surface area contributed by atoms with E-state index in [4.69, 9.17) is 0 Å². The van der Waals surface area contributed by atoms with Gasteiger partial charge in [-0.3, -0.25) is 19.0 Å². The highest BCUT2D eigenvalue weighted by Gasteiger charge is 2.17. The molecule has 0 saturated heterocycles. The van der Waals surface area contributed by atoms with Crippen molar-refractivity contribution in [1.82, 2.24) is 14.5 Å². The summed E-state index contributed by atoms with van der Waals surface area (Å²) in [5.74, 6) is -1.09. The lowest BCUT2D eigenvalue weighted by Crippen LogP contribution is -2.45. The average molecular weight is 345 g/mol. The molecule has 0 atom stereocenters. The largest absolute Gasteiger partial charge is 0.468 e. The predicted molar refractivity (Wildman–Crippen MR) is 90.8 cm³/mol. The number of carbonyl (C=O) groups excluding carboxylic acids is 2. The van der Waals surface area contributed by atoms with Gasteiger partial charge in [-0.2, -0.15) is 4.57 Å². The van der Waals surface area contributed by atoms with E-state index in [1.807, 2.05) is 0 Å². The number of ether oxygens (including phenoxy) is 1. The first-order chi connectivity index (χ1) is 12.0. The van der Waals surface area contributed by atoms with Gasteiger partial charge < -0.3 is 10.1 Å². The molecule has 0 aliphatic rings. The van der Waals surface area contributed by atoms with Crippen molar-refractivity contribution in [3.8, 4) is 0 Å². The molecule has 0 spiro atoms. The highest BCUT2D eigenvalue weighted by molar-refractivity contribution is 5.95. The molecule has 8 nitrogen and oxygen atoms in total. The smallest absolute Gasteiger partial charge is 0.338 e. The van der Waals surface area contributed by atoms with Crippen molar-refractivity contribution in [3.63, 3.8) is 0 Å². The molecule has 0 bridgehead atoms. The van der Waals surface area contributed by atoms with Crippen molar-refractivity contribution in [2.75, 3.05) is 20.2 Å². The number of aryl methyl sites for hydroxylation is 1. The number of nitrogens with zero attached hydrogens (tertiary/aromatic N) is 2. The van der Waals surface area contributed by atoms with Crippen LogP contribution in [-0.2, 0) is 16.1 Å². The van der Waals surface area contributed by atoms with Crippen molar-refractivity contribution in [3.05, 3.63) is 68.5 Å². The molecular formula is C17H19N3O5. The van der Waals surface area contributed by atoms with E-state index in [1.165, 1.54) is 24.8 Å². The fourth-order valence-corrected chi connectivity index (χ4v) is 2.25. The fraction of sp³-hybridized carbons (Fsp3) is 0.294. The van der Waals surface area contributed by atoms with Gasteiger partial charge in [0.1, 0.15) is 0 Å². The number of hydrogen-bond acceptors (Lipinski definition) is 6. The Bertz CT molecular complexity index is 883. The van der Waals surface area contributed by atoms with E-state index in [0.717, 1.165) is 0 Å². The quantitative estimate of drug-likeness (QED) is 0.573. The van der Waals surface area contributed by atoms with Crippen LogP contribution in [0.2, 0.25) is 0 Å². The van der Waals surface area contributed by atoms with Crippen LogP contribution in [0.25, 0.3) is 0 Å². The molecule has 25 heavy (non-hydrogen) atoms. The SMILES string of the molecule is COC(=O)CNCCn1cc(C)c(=O)n(C(=O)c2ccccc2)c1=O. The number of esters is 1. The Balaban J connectivity index is 2.28. The van der Waals surface area contributed by atoms with Gasteiger partial charge in [-0.1, -0.05) is 18.2 Å². The standard InChI is InChI=1S/C17H19N3O5/c1-12-11-19(9-8-18-10-14(21)25-2)17(24)20(15(12)22)16(23)13-6-4-3-5-7-13/h3-7,11,18H,8-10H2,1-2H3. The predicted octanol–water partition coefficient (Wildman–Crippen LogP) is -0.230. The molecule has 1 N–H and O–H groups in total. The minimum Gasteiger partial charge on any atom is -0.468 e. The third kappa shape index (κ3) is 4.30. The van der Waals surface area contributed by atoms with Crippen LogP contribution in [0.4, 0.5) is 0 Å². The number of hydrogen-bond donors (Lipinski definition) is 1. The topological polar surface area (TPSA) is 99.4 Å². The molecule has 1 aromatic heterocycles. The van der Waals surface area contributed by atoms with Gasteiger partial charge in [0.25, 0.3) is 11.5 Å². The van der Waals surface area contributed by atoms with Gasteiger partial charge >= 0.3 is 11.7 Å². The third-order valence-electron chi connectivity index (χ3n) is 3.58. The van der Waals surface area contributed by atoms with Crippen LogP contribution in [0.1, 0.15) is 15.9 Å². The van der Waals surface area contributed by atoms with Gasteiger partial charge in [0, 0.05) is 30.4 Å². The molecule has 0 unspecified atom stereocenters. The number of benzene rings is 1. The van der Waals surface area contributed by atoms with Gasteiger partial charge in [0.2, 0.25) is 0 Å². The van der Waals surface area contributed by atoms with Crippen LogP contribution in [0.15, 0.2) is 46.1 Å². The van der Waals surface area contributed by atoms with Gasteiger partial charge in [-0.25, -0.2) is 4.79 Å². The molecule has 0 amide bonds. The molecule has 0 radical (unpaired) electrons. The molecule has 0 fully saturated rings. The summed E-state index contributed by atoms with van der Waals surface area (Å²) in [5, 5.41) is 2.82. The Kier molecular flexibility index (Phi) is 6.02. The summed E-state index contributed by atoms with van der Waals surface area (Å²) < 4.78 is 6.40. The highest BCUT2D eigenvalue weighted by Crippen LogP contribution is 2.00. The summed E-state index contributed by atoms with van der Waals surface area (Å²) in [6.07, 6.45) is 1.40. The fourth-order valence-electron chi connectivity index (χ4n) is 2.25. The van der Waals surface area contributed by atoms with Crippen LogP contribution < -0.4 is 16.6 Å². The first kappa shape index (κ1) is 18.3. The molecule has 1 aromatic carbocycles. The summed E-state index contributed by atoms with van der Waals surface area (Å²) in [4.78, 5) is 48.4. The first-order valence-corrected chi connectivity index (χ1v) is 7.66. The van der Waals surface area contributed by atoms with E-state index >= 15 is 0 Å². The average Bonchev–Trinajstić information content (AvgIpc) is 2.63. The molecule has 0 saturated carbocycles. The Morgan fingerprint density at radius 3 is 2.48 bits per heavy atom. The van der Waals surface area contributed by atoms with Crippen LogP contribution in [0, 0.1) is 6.92 Å². The van der Waals surface area contributed by atoms with Crippen molar-refractivity contribution < 1.29 is 14.3 Å². The van der Waals surface area contributed by atoms with Gasteiger partial charge in [-0.15, -0.1) is 0 Å². The van der Waals surface area contributed by atoms with Crippen molar-refractivity contribution in [2.24, 2.45) is 0 Å². The normalized spacial score (nSPS) is 10.5. The minimum absolute atomic E-state index is 0.00676. The Hall–Kier alpha value is -3.00. The van der Waals surface area contributed by atoms with E-state index in [9.17, 15) is 19.2 Å². The van der Waals surface area contributed by atoms with Crippen LogP contribution >= 0.6 is 0 Å². The molecule has 132 valence electrons. The Labute approximate surface area is 143 Å². The van der Waals surface area contributed by atoms with Crippen LogP contribution in [-0.4, -0.2) is 41.2 Å². The highest BCUT2D eigenvalue weighted by atomic mass is 16.5. The molecular weight excluding hydrogens is 326 g/mol. The minimum atomic E-state index is -0.718.